The maximum atomic E-state index is 12.6. The van der Waals surface area contributed by atoms with Gasteiger partial charge in [0.25, 0.3) is 5.91 Å². The molecule has 0 spiro atoms. The zero-order valence-electron chi connectivity index (χ0n) is 18.4. The summed E-state index contributed by atoms with van der Waals surface area (Å²) in [5.74, 6) is -1.70. The van der Waals surface area contributed by atoms with Crippen molar-refractivity contribution in [1.82, 2.24) is 10.2 Å². The second-order valence-electron chi connectivity index (χ2n) is 8.47. The zero-order valence-corrected chi connectivity index (χ0v) is 18.4. The molecule has 0 aromatic heterocycles. The number of benzene rings is 1. The Labute approximate surface area is 182 Å². The number of rotatable bonds is 9. The molecule has 2 aliphatic rings. The minimum Gasteiger partial charge on any atom is -0.455 e. The van der Waals surface area contributed by atoms with Crippen LogP contribution in [0.25, 0.3) is 0 Å². The minimum absolute atomic E-state index is 0.0570. The first-order valence-electron chi connectivity index (χ1n) is 10.9. The molecule has 1 aliphatic carbocycles. The summed E-state index contributed by atoms with van der Waals surface area (Å²) >= 11 is 0. The molecular weight excluding hydrogens is 398 g/mol. The molecule has 2 atom stereocenters. The van der Waals surface area contributed by atoms with E-state index in [2.05, 4.69) is 19.2 Å². The summed E-state index contributed by atoms with van der Waals surface area (Å²) in [5.41, 5.74) is 1.91. The summed E-state index contributed by atoms with van der Waals surface area (Å²) in [6.07, 6.45) is 2.94. The molecular formula is C23H31N3O5. The topological polar surface area (TPSA) is 96.0 Å². The standard InChI is InChI=1S/C23H31N3O5/c1-4-15(2)18-7-5-6-8-19(18)26-12-16(11-21(26)28)23(30)31-14-22(29)25(3)13-20(27)24-17-9-10-17/h5-8,15-17H,4,9-14H2,1-3H3,(H,24,27)/t15-,16-/m1/s1. The molecule has 1 saturated carbocycles. The fraction of sp³-hybridized carbons (Fsp3) is 0.565. The highest BCUT2D eigenvalue weighted by Gasteiger charge is 2.37. The van der Waals surface area contributed by atoms with E-state index < -0.39 is 24.4 Å². The Morgan fingerprint density at radius 3 is 2.65 bits per heavy atom. The van der Waals surface area contributed by atoms with Crippen molar-refractivity contribution in [2.24, 2.45) is 5.92 Å². The Bertz CT molecular complexity index is 851. The van der Waals surface area contributed by atoms with Gasteiger partial charge in [0.1, 0.15) is 0 Å². The summed E-state index contributed by atoms with van der Waals surface area (Å²) in [6.45, 7) is 3.92. The van der Waals surface area contributed by atoms with Crippen molar-refractivity contribution < 1.29 is 23.9 Å². The van der Waals surface area contributed by atoms with Gasteiger partial charge < -0.3 is 19.9 Å². The van der Waals surface area contributed by atoms with Crippen LogP contribution in [0.2, 0.25) is 0 Å². The lowest BCUT2D eigenvalue weighted by molar-refractivity contribution is -0.155. The van der Waals surface area contributed by atoms with Crippen molar-refractivity contribution in [3.05, 3.63) is 29.8 Å². The summed E-state index contributed by atoms with van der Waals surface area (Å²) in [6, 6.07) is 7.97. The second-order valence-corrected chi connectivity index (χ2v) is 8.47. The monoisotopic (exact) mass is 429 g/mol. The average Bonchev–Trinajstić information content (AvgIpc) is 3.48. The number of ether oxygens (including phenoxy) is 1. The van der Waals surface area contributed by atoms with Crippen LogP contribution in [-0.4, -0.2) is 61.4 Å². The Morgan fingerprint density at radius 1 is 1.26 bits per heavy atom. The van der Waals surface area contributed by atoms with Gasteiger partial charge in [-0.1, -0.05) is 32.0 Å². The lowest BCUT2D eigenvalue weighted by atomic mass is 9.96. The second kappa shape index (κ2) is 9.94. The van der Waals surface area contributed by atoms with Gasteiger partial charge in [-0.3, -0.25) is 19.2 Å². The lowest BCUT2D eigenvalue weighted by Gasteiger charge is -2.23. The molecule has 1 N–H and O–H groups in total. The number of likely N-dealkylation sites (N-methyl/N-ethyl adjacent to an activating group) is 1. The number of carbonyl (C=O) groups is 4. The number of nitrogens with one attached hydrogen (secondary N) is 1. The number of nitrogens with zero attached hydrogens (tertiary/aromatic N) is 2. The summed E-state index contributed by atoms with van der Waals surface area (Å²) in [4.78, 5) is 52.0. The van der Waals surface area contributed by atoms with Gasteiger partial charge in [0.2, 0.25) is 11.8 Å². The van der Waals surface area contributed by atoms with E-state index in [0.29, 0.717) is 5.92 Å². The molecule has 2 fully saturated rings. The maximum absolute atomic E-state index is 12.6. The molecule has 1 saturated heterocycles. The van der Waals surface area contributed by atoms with E-state index in [1.54, 1.807) is 4.90 Å². The van der Waals surface area contributed by atoms with Gasteiger partial charge in [0.15, 0.2) is 6.61 Å². The number of esters is 1. The zero-order chi connectivity index (χ0) is 22.5. The third kappa shape index (κ3) is 5.83. The van der Waals surface area contributed by atoms with Gasteiger partial charge in [-0.15, -0.1) is 0 Å². The molecule has 31 heavy (non-hydrogen) atoms. The van der Waals surface area contributed by atoms with E-state index in [4.69, 9.17) is 4.74 Å². The third-order valence-electron chi connectivity index (χ3n) is 5.92. The number of carbonyl (C=O) groups excluding carboxylic acids is 4. The predicted molar refractivity (Wildman–Crippen MR) is 115 cm³/mol. The molecule has 8 heteroatoms. The van der Waals surface area contributed by atoms with Crippen LogP contribution in [0.4, 0.5) is 5.69 Å². The Kier molecular flexibility index (Phi) is 7.30. The lowest BCUT2D eigenvalue weighted by Crippen LogP contribution is -2.41. The Morgan fingerprint density at radius 2 is 1.97 bits per heavy atom. The van der Waals surface area contributed by atoms with Crippen molar-refractivity contribution in [3.63, 3.8) is 0 Å². The Balaban J connectivity index is 1.52. The van der Waals surface area contributed by atoms with Crippen LogP contribution in [0.3, 0.4) is 0 Å². The van der Waals surface area contributed by atoms with E-state index >= 15 is 0 Å². The van der Waals surface area contributed by atoms with E-state index in [1.807, 2.05) is 24.3 Å². The highest BCUT2D eigenvalue weighted by Crippen LogP contribution is 2.33. The Hall–Kier alpha value is -2.90. The van der Waals surface area contributed by atoms with Gasteiger partial charge in [0.05, 0.1) is 12.5 Å². The molecule has 1 aromatic carbocycles. The maximum Gasteiger partial charge on any atom is 0.311 e. The van der Waals surface area contributed by atoms with Gasteiger partial charge in [-0.25, -0.2) is 0 Å². The first-order chi connectivity index (χ1) is 14.8. The molecule has 3 rings (SSSR count). The summed E-state index contributed by atoms with van der Waals surface area (Å²) in [5, 5.41) is 2.81. The van der Waals surface area contributed by atoms with E-state index in [0.717, 1.165) is 30.5 Å². The van der Waals surface area contributed by atoms with Crippen LogP contribution in [-0.2, 0) is 23.9 Å². The van der Waals surface area contributed by atoms with Crippen molar-refractivity contribution >= 4 is 29.4 Å². The van der Waals surface area contributed by atoms with E-state index in [9.17, 15) is 19.2 Å². The SMILES string of the molecule is CC[C@@H](C)c1ccccc1N1C[C@H](C(=O)OCC(=O)N(C)CC(=O)NC2CC2)CC1=O. The van der Waals surface area contributed by atoms with Crippen LogP contribution in [0.5, 0.6) is 0 Å². The van der Waals surface area contributed by atoms with Crippen molar-refractivity contribution in [2.45, 2.75) is 51.5 Å². The van der Waals surface area contributed by atoms with Gasteiger partial charge >= 0.3 is 5.97 Å². The van der Waals surface area contributed by atoms with Crippen molar-refractivity contribution in [3.8, 4) is 0 Å². The predicted octanol–water partition coefficient (Wildman–Crippen LogP) is 1.83. The van der Waals surface area contributed by atoms with Gasteiger partial charge in [-0.2, -0.15) is 0 Å². The smallest absolute Gasteiger partial charge is 0.311 e. The van der Waals surface area contributed by atoms with Gasteiger partial charge in [0, 0.05) is 31.7 Å². The quantitative estimate of drug-likeness (QED) is 0.604. The van der Waals surface area contributed by atoms with E-state index in [-0.39, 0.29) is 37.4 Å². The highest BCUT2D eigenvalue weighted by molar-refractivity contribution is 6.00. The first-order valence-corrected chi connectivity index (χ1v) is 10.9. The molecule has 1 heterocycles. The van der Waals surface area contributed by atoms with Crippen LogP contribution in [0.15, 0.2) is 24.3 Å². The van der Waals surface area contributed by atoms with Crippen LogP contribution >= 0.6 is 0 Å². The van der Waals surface area contributed by atoms with Crippen molar-refractivity contribution in [2.75, 3.05) is 31.6 Å². The number of anilines is 1. The van der Waals surface area contributed by atoms with Crippen LogP contribution in [0, 0.1) is 5.92 Å². The number of amides is 3. The number of hydrogen-bond acceptors (Lipinski definition) is 5. The molecule has 8 nitrogen and oxygen atoms in total. The highest BCUT2D eigenvalue weighted by atomic mass is 16.5. The normalized spacial score (nSPS) is 19.1. The number of hydrogen-bond donors (Lipinski definition) is 1. The minimum atomic E-state index is -0.617. The third-order valence-corrected chi connectivity index (χ3v) is 5.92. The number of para-hydroxylation sites is 1. The molecule has 1 aliphatic heterocycles. The molecule has 3 amide bonds. The summed E-state index contributed by atoms with van der Waals surface area (Å²) < 4.78 is 5.17. The van der Waals surface area contributed by atoms with Crippen LogP contribution < -0.4 is 10.2 Å². The van der Waals surface area contributed by atoms with Crippen molar-refractivity contribution in [1.29, 1.82) is 0 Å². The average molecular weight is 430 g/mol. The van der Waals surface area contributed by atoms with Crippen LogP contribution in [0.1, 0.15) is 51.0 Å². The molecule has 0 unspecified atom stereocenters. The van der Waals surface area contributed by atoms with Gasteiger partial charge in [-0.05, 0) is 36.8 Å². The largest absolute Gasteiger partial charge is 0.455 e. The molecule has 1 aromatic rings. The molecule has 0 radical (unpaired) electrons. The first kappa shape index (κ1) is 22.8. The van der Waals surface area contributed by atoms with E-state index in [1.165, 1.54) is 11.9 Å². The molecule has 168 valence electrons. The summed E-state index contributed by atoms with van der Waals surface area (Å²) in [7, 11) is 1.50. The fourth-order valence-corrected chi connectivity index (χ4v) is 3.63. The molecule has 0 bridgehead atoms. The fourth-order valence-electron chi connectivity index (χ4n) is 3.63.